The van der Waals surface area contributed by atoms with E-state index in [2.05, 4.69) is 15.9 Å². The lowest BCUT2D eigenvalue weighted by Crippen LogP contribution is -2.15. The van der Waals surface area contributed by atoms with Crippen molar-refractivity contribution in [3.8, 4) is 5.75 Å². The Hall–Kier alpha value is -1.23. The van der Waals surface area contributed by atoms with Gasteiger partial charge in [0.05, 0.1) is 17.1 Å². The van der Waals surface area contributed by atoms with E-state index < -0.39 is 0 Å². The highest BCUT2D eigenvalue weighted by Crippen LogP contribution is 2.33. The summed E-state index contributed by atoms with van der Waals surface area (Å²) < 4.78 is 13.0. The first-order chi connectivity index (χ1) is 8.19. The molecule has 1 aliphatic carbocycles. The van der Waals surface area contributed by atoms with Gasteiger partial charge in [-0.15, -0.1) is 0 Å². The van der Waals surface area contributed by atoms with Crippen LogP contribution in [0.4, 0.5) is 0 Å². The van der Waals surface area contributed by atoms with E-state index >= 15 is 0 Å². The van der Waals surface area contributed by atoms with E-state index in [0.717, 1.165) is 16.5 Å². The van der Waals surface area contributed by atoms with Crippen LogP contribution in [0.3, 0.4) is 0 Å². The quantitative estimate of drug-likeness (QED) is 0.875. The van der Waals surface area contributed by atoms with Gasteiger partial charge in [-0.2, -0.15) is 0 Å². The number of fused-ring (bicyclic) bond motifs is 1. The number of hydrogen-bond acceptors (Lipinski definition) is 3. The van der Waals surface area contributed by atoms with Gasteiger partial charge in [-0.3, -0.25) is 4.57 Å². The number of oxazole rings is 1. The van der Waals surface area contributed by atoms with Crippen LogP contribution in [-0.2, 0) is 6.54 Å². The second-order valence-electron chi connectivity index (χ2n) is 4.38. The van der Waals surface area contributed by atoms with Crippen LogP contribution in [0, 0.1) is 5.92 Å². The fraction of sp³-hybridized carbons (Fsp3) is 0.417. The Morgan fingerprint density at radius 2 is 2.29 bits per heavy atom. The van der Waals surface area contributed by atoms with E-state index in [1.807, 2.05) is 6.07 Å². The van der Waals surface area contributed by atoms with Gasteiger partial charge >= 0.3 is 5.76 Å². The molecule has 0 N–H and O–H groups in total. The Bertz CT molecular complexity index is 624. The second kappa shape index (κ2) is 3.91. The molecule has 2 aromatic rings. The molecule has 1 aromatic heterocycles. The third-order valence-corrected chi connectivity index (χ3v) is 3.70. The van der Waals surface area contributed by atoms with E-state index in [1.165, 1.54) is 12.8 Å². The van der Waals surface area contributed by atoms with Crippen molar-refractivity contribution in [2.45, 2.75) is 19.4 Å². The fourth-order valence-electron chi connectivity index (χ4n) is 1.95. The highest BCUT2D eigenvalue weighted by atomic mass is 79.9. The Labute approximate surface area is 106 Å². The van der Waals surface area contributed by atoms with E-state index in [9.17, 15) is 4.79 Å². The van der Waals surface area contributed by atoms with Crippen LogP contribution in [0.15, 0.2) is 25.8 Å². The minimum atomic E-state index is -0.285. The predicted octanol–water partition coefficient (Wildman–Crippen LogP) is 2.78. The first-order valence-electron chi connectivity index (χ1n) is 5.56. The molecule has 1 saturated carbocycles. The number of ether oxygens (including phenoxy) is 1. The first-order valence-corrected chi connectivity index (χ1v) is 6.35. The Morgan fingerprint density at radius 1 is 1.53 bits per heavy atom. The van der Waals surface area contributed by atoms with Crippen molar-refractivity contribution in [3.05, 3.63) is 27.2 Å². The van der Waals surface area contributed by atoms with Crippen molar-refractivity contribution in [3.63, 3.8) is 0 Å². The van der Waals surface area contributed by atoms with Crippen molar-refractivity contribution in [2.24, 2.45) is 5.92 Å². The summed E-state index contributed by atoms with van der Waals surface area (Å²) in [6.45, 7) is 0.747. The van der Waals surface area contributed by atoms with Crippen LogP contribution in [0.1, 0.15) is 12.8 Å². The van der Waals surface area contributed by atoms with Gasteiger partial charge in [0, 0.05) is 18.7 Å². The molecule has 0 spiro atoms. The number of hydrogen-bond donors (Lipinski definition) is 0. The monoisotopic (exact) mass is 297 g/mol. The smallest absolute Gasteiger partial charge is 0.419 e. The molecule has 1 fully saturated rings. The summed E-state index contributed by atoms with van der Waals surface area (Å²) in [4.78, 5) is 11.8. The van der Waals surface area contributed by atoms with Crippen molar-refractivity contribution in [1.29, 1.82) is 0 Å². The van der Waals surface area contributed by atoms with Crippen molar-refractivity contribution < 1.29 is 9.15 Å². The van der Waals surface area contributed by atoms with Gasteiger partial charge in [-0.1, -0.05) is 0 Å². The lowest BCUT2D eigenvalue weighted by molar-refractivity contribution is 0.412. The second-order valence-corrected chi connectivity index (χ2v) is 5.23. The molecule has 3 rings (SSSR count). The molecule has 0 bridgehead atoms. The van der Waals surface area contributed by atoms with Gasteiger partial charge in [0.15, 0.2) is 5.58 Å². The summed E-state index contributed by atoms with van der Waals surface area (Å²) in [6.07, 6.45) is 2.40. The standard InChI is InChI=1S/C12H12BrNO3/c1-16-10-5-9-11(4-8(10)13)17-12(15)14(9)6-7-2-3-7/h4-5,7H,2-3,6H2,1H3. The van der Waals surface area contributed by atoms with Crippen LogP contribution in [-0.4, -0.2) is 11.7 Å². The van der Waals surface area contributed by atoms with Crippen LogP contribution in [0.2, 0.25) is 0 Å². The molecule has 0 aliphatic heterocycles. The molecule has 0 radical (unpaired) electrons. The average molecular weight is 298 g/mol. The summed E-state index contributed by atoms with van der Waals surface area (Å²) in [7, 11) is 1.61. The highest BCUT2D eigenvalue weighted by Gasteiger charge is 2.24. The van der Waals surface area contributed by atoms with Crippen molar-refractivity contribution in [2.75, 3.05) is 7.11 Å². The number of halogens is 1. The molecule has 1 aliphatic rings. The fourth-order valence-corrected chi connectivity index (χ4v) is 2.44. The number of aromatic nitrogens is 1. The van der Waals surface area contributed by atoms with Gasteiger partial charge in [-0.25, -0.2) is 4.79 Å². The lowest BCUT2D eigenvalue weighted by Gasteiger charge is -2.04. The molecular formula is C12H12BrNO3. The molecule has 0 saturated heterocycles. The molecule has 90 valence electrons. The van der Waals surface area contributed by atoms with Crippen molar-refractivity contribution in [1.82, 2.24) is 4.57 Å². The average Bonchev–Trinajstić information content (AvgIpc) is 3.05. The van der Waals surface area contributed by atoms with Crippen LogP contribution >= 0.6 is 15.9 Å². The Balaban J connectivity index is 2.19. The van der Waals surface area contributed by atoms with Crippen LogP contribution < -0.4 is 10.5 Å². The number of methoxy groups -OCH3 is 1. The topological polar surface area (TPSA) is 44.4 Å². The Morgan fingerprint density at radius 3 is 2.94 bits per heavy atom. The summed E-state index contributed by atoms with van der Waals surface area (Å²) >= 11 is 3.38. The summed E-state index contributed by atoms with van der Waals surface area (Å²) in [5.74, 6) is 1.05. The lowest BCUT2D eigenvalue weighted by atomic mass is 10.3. The van der Waals surface area contributed by atoms with Crippen LogP contribution in [0.5, 0.6) is 5.75 Å². The summed E-state index contributed by atoms with van der Waals surface area (Å²) in [6, 6.07) is 3.62. The highest BCUT2D eigenvalue weighted by molar-refractivity contribution is 9.10. The summed E-state index contributed by atoms with van der Waals surface area (Å²) in [5, 5.41) is 0. The minimum Gasteiger partial charge on any atom is -0.495 e. The van der Waals surface area contributed by atoms with Gasteiger partial charge < -0.3 is 9.15 Å². The van der Waals surface area contributed by atoms with Gasteiger partial charge in [0.1, 0.15) is 5.75 Å². The van der Waals surface area contributed by atoms with Crippen LogP contribution in [0.25, 0.3) is 11.1 Å². The maximum atomic E-state index is 11.8. The zero-order valence-corrected chi connectivity index (χ0v) is 11.0. The van der Waals surface area contributed by atoms with Gasteiger partial charge in [0.2, 0.25) is 0 Å². The van der Waals surface area contributed by atoms with Crippen molar-refractivity contribution >= 4 is 27.0 Å². The number of benzene rings is 1. The molecule has 0 atom stereocenters. The van der Waals surface area contributed by atoms with Gasteiger partial charge in [0.25, 0.3) is 0 Å². The van der Waals surface area contributed by atoms with E-state index in [4.69, 9.17) is 9.15 Å². The molecule has 1 heterocycles. The third kappa shape index (κ3) is 1.88. The van der Waals surface area contributed by atoms with E-state index in [1.54, 1.807) is 17.7 Å². The molecule has 5 heteroatoms. The zero-order valence-electron chi connectivity index (χ0n) is 9.40. The first kappa shape index (κ1) is 10.9. The molecule has 0 unspecified atom stereocenters. The molecule has 17 heavy (non-hydrogen) atoms. The zero-order chi connectivity index (χ0) is 12.0. The maximum Gasteiger partial charge on any atom is 0.419 e. The maximum absolute atomic E-state index is 11.8. The largest absolute Gasteiger partial charge is 0.495 e. The third-order valence-electron chi connectivity index (χ3n) is 3.08. The normalized spacial score (nSPS) is 15.4. The van der Waals surface area contributed by atoms with E-state index in [-0.39, 0.29) is 5.76 Å². The SMILES string of the molecule is COc1cc2c(cc1Br)oc(=O)n2CC1CC1. The molecular weight excluding hydrogens is 286 g/mol. The molecule has 4 nitrogen and oxygen atoms in total. The molecule has 1 aromatic carbocycles. The summed E-state index contributed by atoms with van der Waals surface area (Å²) in [5.41, 5.74) is 1.41. The Kier molecular flexibility index (Phi) is 2.50. The van der Waals surface area contributed by atoms with Gasteiger partial charge in [-0.05, 0) is 34.7 Å². The minimum absolute atomic E-state index is 0.285. The number of nitrogens with zero attached hydrogens (tertiary/aromatic N) is 1. The molecule has 0 amide bonds. The predicted molar refractivity (Wildman–Crippen MR) is 67.5 cm³/mol. The number of rotatable bonds is 3. The van der Waals surface area contributed by atoms with E-state index in [0.29, 0.717) is 17.3 Å².